The van der Waals surface area contributed by atoms with Gasteiger partial charge in [0.2, 0.25) is 0 Å². The molecule has 0 aliphatic rings. The average molecular weight is 348 g/mol. The third kappa shape index (κ3) is 167. The van der Waals surface area contributed by atoms with Gasteiger partial charge in [-0.3, -0.25) is 0 Å². The molecule has 0 spiro atoms. The fourth-order valence-electron chi connectivity index (χ4n) is 0. The monoisotopic (exact) mass is 348 g/mol. The van der Waals surface area contributed by atoms with Crippen molar-refractivity contribution in [1.82, 2.24) is 0 Å². The molecule has 66 valence electrons. The molecular formula is C2H14As2Ca2O5. The molecule has 0 saturated carbocycles. The Morgan fingerprint density at radius 1 is 1.27 bits per heavy atom. The van der Waals surface area contributed by atoms with E-state index >= 15 is 0 Å². The molecule has 0 aromatic rings. The Kier molecular flexibility index (Phi) is 28.3. The first kappa shape index (κ1) is 23.7. The van der Waals surface area contributed by atoms with Gasteiger partial charge < -0.3 is 0 Å². The van der Waals surface area contributed by atoms with Crippen LogP contribution in [0.2, 0.25) is 11.4 Å². The van der Waals surface area contributed by atoms with Crippen molar-refractivity contribution in [2.45, 2.75) is 11.4 Å². The van der Waals surface area contributed by atoms with E-state index in [0.29, 0.717) is 0 Å². The van der Waals surface area contributed by atoms with Crippen LogP contribution in [0.15, 0.2) is 0 Å². The van der Waals surface area contributed by atoms with Crippen LogP contribution in [-0.2, 0) is 7.48 Å². The molecule has 0 aromatic heterocycles. The number of hydrogen-bond acceptors (Lipinski definition) is 2. The zero-order valence-corrected chi connectivity index (χ0v) is 9.08. The van der Waals surface area contributed by atoms with E-state index in [0.717, 1.165) is 5.71 Å². The van der Waals surface area contributed by atoms with Gasteiger partial charge in [0.1, 0.15) is 0 Å². The van der Waals surface area contributed by atoms with Gasteiger partial charge in [0, 0.05) is 0 Å². The third-order valence-electron chi connectivity index (χ3n) is 0. The Bertz CT molecular complexity index is 120. The van der Waals surface area contributed by atoms with Crippen LogP contribution in [0.1, 0.15) is 0 Å². The second-order valence-corrected chi connectivity index (χ2v) is 7.04. The molecule has 9 heteroatoms. The van der Waals surface area contributed by atoms with Gasteiger partial charge in [-0.15, -0.1) is 0 Å². The molecule has 0 rings (SSSR count). The molecule has 1 unspecified atom stereocenters. The van der Waals surface area contributed by atoms with Crippen LogP contribution >= 0.6 is 0 Å². The second-order valence-electron chi connectivity index (χ2n) is 1.35. The van der Waals surface area contributed by atoms with Crippen LogP contribution in [0.3, 0.4) is 0 Å². The summed E-state index contributed by atoms with van der Waals surface area (Å²) < 4.78 is 41.7. The van der Waals surface area contributed by atoms with E-state index in [9.17, 15) is 7.48 Å². The van der Waals surface area contributed by atoms with Gasteiger partial charge in [-0.2, -0.15) is 0 Å². The minimum absolute atomic E-state index is 0. The van der Waals surface area contributed by atoms with E-state index in [1.54, 1.807) is 0 Å². The Morgan fingerprint density at radius 2 is 1.27 bits per heavy atom. The summed E-state index contributed by atoms with van der Waals surface area (Å²) in [6.07, 6.45) is 0. The van der Waals surface area contributed by atoms with Crippen molar-refractivity contribution in [3.05, 3.63) is 0 Å². The Labute approximate surface area is 133 Å². The first-order valence-electron chi connectivity index (χ1n) is 1.96. The predicted octanol–water partition coefficient (Wildman–Crippen LogP) is -3.60. The van der Waals surface area contributed by atoms with Crippen molar-refractivity contribution in [2.75, 3.05) is 0 Å². The van der Waals surface area contributed by atoms with Crippen LogP contribution in [0.4, 0.5) is 0 Å². The molecule has 0 heterocycles. The van der Waals surface area contributed by atoms with Crippen molar-refractivity contribution >= 4 is 105 Å². The fourth-order valence-corrected chi connectivity index (χ4v) is 0. The SMILES string of the molecule is C[AsH](=O)O.C[As](=O)(O)O.[CaH2].[CaH2]. The van der Waals surface area contributed by atoms with E-state index in [1.165, 1.54) is 5.71 Å². The zero-order chi connectivity index (χ0) is 8.08. The fraction of sp³-hybridized carbons (Fsp3) is 1.00. The van der Waals surface area contributed by atoms with Crippen molar-refractivity contribution in [3.63, 3.8) is 0 Å². The zero-order valence-electron chi connectivity index (χ0n) is 5.11. The molecule has 11 heavy (non-hydrogen) atoms. The van der Waals surface area contributed by atoms with E-state index in [2.05, 4.69) is 0 Å². The molecule has 0 bridgehead atoms. The van der Waals surface area contributed by atoms with Crippen LogP contribution in [0.5, 0.6) is 0 Å². The van der Waals surface area contributed by atoms with Gasteiger partial charge in [-0.1, -0.05) is 0 Å². The van der Waals surface area contributed by atoms with Gasteiger partial charge in [-0.25, -0.2) is 0 Å². The first-order valence-corrected chi connectivity index (χ1v) is 10.2. The average Bonchev–Trinajstić information content (AvgIpc) is 1.19. The molecule has 0 aliphatic heterocycles. The summed E-state index contributed by atoms with van der Waals surface area (Å²) in [5.41, 5.74) is 2.25. The second kappa shape index (κ2) is 13.1. The molecule has 5 nitrogen and oxygen atoms in total. The minimum atomic E-state index is -4.12. The maximum atomic E-state index is 9.39. The Balaban J connectivity index is -0.0000000383. The third-order valence-corrected chi connectivity index (χ3v) is 0. The molecule has 3 N–H and O–H groups in total. The molecule has 1 atom stereocenters. The van der Waals surface area contributed by atoms with Crippen molar-refractivity contribution in [1.29, 1.82) is 0 Å². The molecule has 0 aliphatic carbocycles. The van der Waals surface area contributed by atoms with E-state index in [-0.39, 0.29) is 75.5 Å². The van der Waals surface area contributed by atoms with Gasteiger partial charge in [0.15, 0.2) is 0 Å². The first-order chi connectivity index (χ1) is 3.73. The normalized spacial score (nSPS) is 11.0. The summed E-state index contributed by atoms with van der Waals surface area (Å²) >= 11 is -6.71. The molecule has 0 amide bonds. The summed E-state index contributed by atoms with van der Waals surface area (Å²) in [5, 5.41) is 0. The van der Waals surface area contributed by atoms with Crippen molar-refractivity contribution in [2.24, 2.45) is 0 Å². The summed E-state index contributed by atoms with van der Waals surface area (Å²) in [4.78, 5) is 0. The molecule has 0 saturated heterocycles. The Hall–Kier alpha value is 3.12. The van der Waals surface area contributed by atoms with E-state index in [4.69, 9.17) is 12.3 Å². The van der Waals surface area contributed by atoms with Crippen molar-refractivity contribution in [3.8, 4) is 0 Å². The van der Waals surface area contributed by atoms with Crippen LogP contribution < -0.4 is 0 Å². The standard InChI is InChI=1S/CH5AsO3.CH5AsO2.2Ca.4H/c1-2(3,4)5;1-2(3)4;;;;;;/h1H3,(H2,3,4,5);2H,1H3,(H,3,4);;;;;;. The van der Waals surface area contributed by atoms with Gasteiger partial charge in [0.05, 0.1) is 0 Å². The van der Waals surface area contributed by atoms with Crippen LogP contribution in [-0.4, -0.2) is 117 Å². The summed E-state index contributed by atoms with van der Waals surface area (Å²) in [6.45, 7) is 0. The van der Waals surface area contributed by atoms with Crippen LogP contribution in [0, 0.1) is 0 Å². The number of rotatable bonds is 0. The molecule has 0 radical (unpaired) electrons. The molecule has 0 aromatic carbocycles. The van der Waals surface area contributed by atoms with Gasteiger partial charge in [0.25, 0.3) is 0 Å². The predicted molar refractivity (Wildman–Crippen MR) is 49.7 cm³/mol. The van der Waals surface area contributed by atoms with Crippen molar-refractivity contribution < 1.29 is 19.8 Å². The molecular weight excluding hydrogens is 334 g/mol. The van der Waals surface area contributed by atoms with E-state index < -0.39 is 29.1 Å². The molecule has 0 fully saturated rings. The van der Waals surface area contributed by atoms with Gasteiger partial charge in [-0.05, 0) is 0 Å². The van der Waals surface area contributed by atoms with E-state index in [1.807, 2.05) is 0 Å². The number of hydrogen-bond donors (Lipinski definition) is 3. The topological polar surface area (TPSA) is 94.8 Å². The Morgan fingerprint density at radius 3 is 1.27 bits per heavy atom. The summed E-state index contributed by atoms with van der Waals surface area (Å²) in [7, 11) is 0. The quantitative estimate of drug-likeness (QED) is 0.393. The maximum absolute atomic E-state index is 9.39. The van der Waals surface area contributed by atoms with Gasteiger partial charge >= 0.3 is 136 Å². The van der Waals surface area contributed by atoms with Crippen LogP contribution in [0.25, 0.3) is 0 Å². The summed E-state index contributed by atoms with van der Waals surface area (Å²) in [6, 6.07) is 0. The summed E-state index contributed by atoms with van der Waals surface area (Å²) in [5.74, 6) is 0.